The summed E-state index contributed by atoms with van der Waals surface area (Å²) in [5.74, 6) is 1.10. The van der Waals surface area contributed by atoms with E-state index in [-0.39, 0.29) is 0 Å². The van der Waals surface area contributed by atoms with Gasteiger partial charge in [-0.05, 0) is 37.8 Å². The minimum atomic E-state index is 1.07. The van der Waals surface area contributed by atoms with Gasteiger partial charge in [-0.2, -0.15) is 0 Å². The van der Waals surface area contributed by atoms with E-state index in [9.17, 15) is 0 Å². The molecule has 0 fully saturated rings. The summed E-state index contributed by atoms with van der Waals surface area (Å²) >= 11 is 0. The summed E-state index contributed by atoms with van der Waals surface area (Å²) in [6, 6.07) is 2.25. The molecule has 0 radical (unpaired) electrons. The summed E-state index contributed by atoms with van der Waals surface area (Å²) in [7, 11) is 0. The summed E-state index contributed by atoms with van der Waals surface area (Å²) in [5.41, 5.74) is 3.82. The van der Waals surface area contributed by atoms with Gasteiger partial charge in [-0.15, -0.1) is 0 Å². The van der Waals surface area contributed by atoms with E-state index < -0.39 is 0 Å². The lowest BCUT2D eigenvalue weighted by atomic mass is 10.0. The van der Waals surface area contributed by atoms with Crippen molar-refractivity contribution in [3.63, 3.8) is 0 Å². The average Bonchev–Trinajstić information content (AvgIpc) is 2.23. The van der Waals surface area contributed by atoms with E-state index in [0.717, 1.165) is 18.1 Å². The lowest BCUT2D eigenvalue weighted by molar-refractivity contribution is 0.812. The number of nitrogens with one attached hydrogen (secondary N) is 1. The minimum Gasteiger partial charge on any atom is -0.370 e. The number of fused-ring (bicyclic) bond motifs is 1. The number of rotatable bonds is 0. The summed E-state index contributed by atoms with van der Waals surface area (Å²) in [6.07, 6.45) is 2.41. The molecule has 1 aliphatic heterocycles. The highest BCUT2D eigenvalue weighted by Gasteiger charge is 2.10. The molecule has 2 heterocycles. The van der Waals surface area contributed by atoms with Gasteiger partial charge in [0.2, 0.25) is 0 Å². The van der Waals surface area contributed by atoms with E-state index >= 15 is 0 Å². The summed E-state index contributed by atoms with van der Waals surface area (Å²) in [5, 5.41) is 3.32. The largest absolute Gasteiger partial charge is 0.370 e. The Hall–Kier alpha value is -1.05. The van der Waals surface area contributed by atoms with Crippen molar-refractivity contribution in [3.05, 3.63) is 22.9 Å². The van der Waals surface area contributed by atoms with Crippen LogP contribution in [0.15, 0.2) is 6.07 Å². The zero-order valence-corrected chi connectivity index (χ0v) is 9.65. The van der Waals surface area contributed by atoms with Crippen LogP contribution >= 0.6 is 0 Å². The van der Waals surface area contributed by atoms with Crippen molar-refractivity contribution < 1.29 is 0 Å². The fourth-order valence-electron chi connectivity index (χ4n) is 1.59. The lowest BCUT2D eigenvalue weighted by Crippen LogP contribution is -2.14. The minimum absolute atomic E-state index is 1.07. The fraction of sp³-hybridized carbons (Fsp3) is 0.583. The van der Waals surface area contributed by atoms with Crippen LogP contribution in [0.25, 0.3) is 0 Å². The standard InChI is InChI=1S/C10H14N2.C2H6/c1-7-6-9-4-3-5-11-10(9)12-8(7)2;1-2/h6H,3-5H2,1-2H3,(H,11,12);1-2H3. The number of pyridine rings is 1. The molecule has 1 aromatic rings. The Bertz CT molecular complexity index is 274. The highest BCUT2D eigenvalue weighted by molar-refractivity contribution is 5.48. The van der Waals surface area contributed by atoms with Crippen molar-refractivity contribution in [2.45, 2.75) is 40.5 Å². The molecule has 2 nitrogen and oxygen atoms in total. The molecule has 0 saturated carbocycles. The Morgan fingerprint density at radius 3 is 2.71 bits per heavy atom. The van der Waals surface area contributed by atoms with Crippen LogP contribution in [0, 0.1) is 13.8 Å². The highest BCUT2D eigenvalue weighted by Crippen LogP contribution is 2.21. The van der Waals surface area contributed by atoms with Crippen LogP contribution in [-0.2, 0) is 6.42 Å². The molecule has 1 N–H and O–H groups in total. The number of nitrogens with zero attached hydrogens (tertiary/aromatic N) is 1. The van der Waals surface area contributed by atoms with Gasteiger partial charge in [0.25, 0.3) is 0 Å². The number of aromatic nitrogens is 1. The van der Waals surface area contributed by atoms with E-state index in [0.29, 0.717) is 0 Å². The first-order valence-corrected chi connectivity index (χ1v) is 5.48. The first kappa shape index (κ1) is 11.0. The van der Waals surface area contributed by atoms with Gasteiger partial charge in [0, 0.05) is 12.2 Å². The second-order valence-electron chi connectivity index (χ2n) is 3.43. The van der Waals surface area contributed by atoms with Crippen LogP contribution in [0.3, 0.4) is 0 Å². The quantitative estimate of drug-likeness (QED) is 0.683. The van der Waals surface area contributed by atoms with Crippen LogP contribution in [0.2, 0.25) is 0 Å². The Labute approximate surface area is 86.8 Å². The van der Waals surface area contributed by atoms with Crippen LogP contribution < -0.4 is 5.32 Å². The van der Waals surface area contributed by atoms with Gasteiger partial charge in [-0.3, -0.25) is 0 Å². The van der Waals surface area contributed by atoms with E-state index in [4.69, 9.17) is 0 Å². The molecule has 78 valence electrons. The second kappa shape index (κ2) is 4.99. The summed E-state index contributed by atoms with van der Waals surface area (Å²) in [4.78, 5) is 4.50. The van der Waals surface area contributed by atoms with Gasteiger partial charge < -0.3 is 5.32 Å². The van der Waals surface area contributed by atoms with Crippen molar-refractivity contribution in [2.24, 2.45) is 0 Å². The summed E-state index contributed by atoms with van der Waals surface area (Å²) < 4.78 is 0. The first-order chi connectivity index (χ1) is 6.77. The Morgan fingerprint density at radius 2 is 2.00 bits per heavy atom. The Morgan fingerprint density at radius 1 is 1.29 bits per heavy atom. The van der Waals surface area contributed by atoms with Gasteiger partial charge in [0.1, 0.15) is 5.82 Å². The lowest BCUT2D eigenvalue weighted by Gasteiger charge is -2.17. The van der Waals surface area contributed by atoms with Crippen molar-refractivity contribution in [3.8, 4) is 0 Å². The van der Waals surface area contributed by atoms with Gasteiger partial charge in [0.05, 0.1) is 0 Å². The average molecular weight is 192 g/mol. The third kappa shape index (κ3) is 2.25. The van der Waals surface area contributed by atoms with E-state index in [1.54, 1.807) is 0 Å². The van der Waals surface area contributed by atoms with Crippen LogP contribution in [0.5, 0.6) is 0 Å². The third-order valence-corrected chi connectivity index (χ3v) is 2.46. The molecular formula is C12H20N2. The predicted octanol–water partition coefficient (Wildman–Crippen LogP) is 3.08. The van der Waals surface area contributed by atoms with Crippen LogP contribution in [0.1, 0.15) is 37.1 Å². The zero-order chi connectivity index (χ0) is 10.6. The molecule has 1 aliphatic rings. The predicted molar refractivity (Wildman–Crippen MR) is 61.9 cm³/mol. The maximum atomic E-state index is 4.50. The van der Waals surface area contributed by atoms with E-state index in [2.05, 4.69) is 30.2 Å². The Balaban J connectivity index is 0.000000461. The smallest absolute Gasteiger partial charge is 0.129 e. The molecule has 0 saturated heterocycles. The molecular weight excluding hydrogens is 172 g/mol. The molecule has 0 amide bonds. The number of hydrogen-bond acceptors (Lipinski definition) is 2. The van der Waals surface area contributed by atoms with Crippen molar-refractivity contribution >= 4 is 5.82 Å². The molecule has 0 spiro atoms. The SMILES string of the molecule is CC.Cc1cc2c(nc1C)NCCC2. The number of hydrogen-bond donors (Lipinski definition) is 1. The Kier molecular flexibility index (Phi) is 3.93. The van der Waals surface area contributed by atoms with Crippen LogP contribution in [0.4, 0.5) is 5.82 Å². The molecule has 0 aromatic carbocycles. The maximum absolute atomic E-state index is 4.50. The normalized spacial score (nSPS) is 13.4. The first-order valence-electron chi connectivity index (χ1n) is 5.48. The monoisotopic (exact) mass is 192 g/mol. The maximum Gasteiger partial charge on any atom is 0.129 e. The number of anilines is 1. The zero-order valence-electron chi connectivity index (χ0n) is 9.65. The van der Waals surface area contributed by atoms with Gasteiger partial charge in [0.15, 0.2) is 0 Å². The molecule has 1 aromatic heterocycles. The summed E-state index contributed by atoms with van der Waals surface area (Å²) in [6.45, 7) is 9.26. The molecule has 2 rings (SSSR count). The molecule has 2 heteroatoms. The molecule has 0 unspecified atom stereocenters. The molecule has 0 bridgehead atoms. The van der Waals surface area contributed by atoms with E-state index in [1.807, 2.05) is 13.8 Å². The van der Waals surface area contributed by atoms with Crippen molar-refractivity contribution in [1.29, 1.82) is 0 Å². The highest BCUT2D eigenvalue weighted by atomic mass is 15.0. The molecule has 0 aliphatic carbocycles. The second-order valence-corrected chi connectivity index (χ2v) is 3.43. The van der Waals surface area contributed by atoms with E-state index in [1.165, 1.54) is 24.0 Å². The van der Waals surface area contributed by atoms with Gasteiger partial charge in [-0.25, -0.2) is 4.98 Å². The third-order valence-electron chi connectivity index (χ3n) is 2.46. The van der Waals surface area contributed by atoms with Crippen molar-refractivity contribution in [2.75, 3.05) is 11.9 Å². The van der Waals surface area contributed by atoms with Gasteiger partial charge in [-0.1, -0.05) is 19.9 Å². The topological polar surface area (TPSA) is 24.9 Å². The fourth-order valence-corrected chi connectivity index (χ4v) is 1.59. The van der Waals surface area contributed by atoms with Crippen molar-refractivity contribution in [1.82, 2.24) is 4.98 Å². The molecule has 0 atom stereocenters. The van der Waals surface area contributed by atoms with Gasteiger partial charge >= 0.3 is 0 Å². The molecule has 14 heavy (non-hydrogen) atoms. The van der Waals surface area contributed by atoms with Crippen LogP contribution in [-0.4, -0.2) is 11.5 Å². The number of aryl methyl sites for hydroxylation is 3.